The van der Waals surface area contributed by atoms with E-state index in [0.29, 0.717) is 19.5 Å². The third kappa shape index (κ3) is 3.43. The number of hydrogen-bond donors (Lipinski definition) is 1. The van der Waals surface area contributed by atoms with Crippen molar-refractivity contribution >= 4 is 18.0 Å². The number of carboxylic acids is 1. The molecule has 0 spiro atoms. The zero-order valence-corrected chi connectivity index (χ0v) is 10.8. The Balaban J connectivity index is 1.96. The van der Waals surface area contributed by atoms with E-state index in [2.05, 4.69) is 5.10 Å². The second kappa shape index (κ2) is 5.69. The predicted molar refractivity (Wildman–Crippen MR) is 69.2 cm³/mol. The van der Waals surface area contributed by atoms with Crippen LogP contribution in [0.5, 0.6) is 0 Å². The summed E-state index contributed by atoms with van der Waals surface area (Å²) in [5, 5.41) is 13.0. The van der Waals surface area contributed by atoms with E-state index >= 15 is 0 Å². The molecule has 0 aromatic carbocycles. The second-order valence-electron chi connectivity index (χ2n) is 4.74. The minimum atomic E-state index is -0.825. The van der Waals surface area contributed by atoms with Gasteiger partial charge in [0, 0.05) is 38.0 Å². The molecule has 0 radical (unpaired) electrons. The average molecular weight is 263 g/mol. The van der Waals surface area contributed by atoms with Gasteiger partial charge in [0.05, 0.1) is 12.1 Å². The first-order chi connectivity index (χ1) is 9.06. The molecule has 1 aliphatic heterocycles. The molecular weight excluding hydrogens is 246 g/mol. The molecule has 1 fully saturated rings. The van der Waals surface area contributed by atoms with Crippen molar-refractivity contribution < 1.29 is 14.7 Å². The Hall–Kier alpha value is -2.11. The number of aromatic nitrogens is 2. The fourth-order valence-electron chi connectivity index (χ4n) is 2.18. The maximum Gasteiger partial charge on any atom is 0.308 e. The number of amides is 1. The van der Waals surface area contributed by atoms with Crippen LogP contribution in [0.1, 0.15) is 18.4 Å². The lowest BCUT2D eigenvalue weighted by molar-refractivity contribution is -0.144. The number of aryl methyl sites for hydroxylation is 1. The van der Waals surface area contributed by atoms with E-state index in [0.717, 1.165) is 12.0 Å². The Morgan fingerprint density at radius 3 is 2.95 bits per heavy atom. The Morgan fingerprint density at radius 1 is 1.53 bits per heavy atom. The second-order valence-corrected chi connectivity index (χ2v) is 4.74. The minimum Gasteiger partial charge on any atom is -0.481 e. The maximum absolute atomic E-state index is 12.0. The first-order valence-corrected chi connectivity index (χ1v) is 6.24. The van der Waals surface area contributed by atoms with Gasteiger partial charge in [-0.25, -0.2) is 0 Å². The SMILES string of the molecule is Cn1cc(/C=C/C(=O)N2CCC[C@H](C(=O)O)C2)cn1. The van der Waals surface area contributed by atoms with Crippen LogP contribution < -0.4 is 0 Å². The fraction of sp³-hybridized carbons (Fsp3) is 0.462. The van der Waals surface area contributed by atoms with Crippen LogP contribution >= 0.6 is 0 Å². The molecule has 6 nitrogen and oxygen atoms in total. The molecule has 1 aromatic rings. The quantitative estimate of drug-likeness (QED) is 0.817. The highest BCUT2D eigenvalue weighted by atomic mass is 16.4. The van der Waals surface area contributed by atoms with Gasteiger partial charge in [0.2, 0.25) is 5.91 Å². The summed E-state index contributed by atoms with van der Waals surface area (Å²) < 4.78 is 1.66. The third-order valence-corrected chi connectivity index (χ3v) is 3.23. The summed E-state index contributed by atoms with van der Waals surface area (Å²) in [5.74, 6) is -1.41. The van der Waals surface area contributed by atoms with Gasteiger partial charge in [0.25, 0.3) is 0 Å². The molecule has 0 saturated carbocycles. The lowest BCUT2D eigenvalue weighted by Gasteiger charge is -2.29. The van der Waals surface area contributed by atoms with Gasteiger partial charge in [0.15, 0.2) is 0 Å². The van der Waals surface area contributed by atoms with E-state index in [1.54, 1.807) is 35.1 Å². The normalized spacial score (nSPS) is 19.8. The van der Waals surface area contributed by atoms with Gasteiger partial charge in [-0.05, 0) is 18.9 Å². The summed E-state index contributed by atoms with van der Waals surface area (Å²) in [6.07, 6.45) is 8.02. The van der Waals surface area contributed by atoms with Gasteiger partial charge >= 0.3 is 5.97 Å². The van der Waals surface area contributed by atoms with Crippen molar-refractivity contribution in [3.63, 3.8) is 0 Å². The van der Waals surface area contributed by atoms with Crippen LogP contribution in [0, 0.1) is 5.92 Å². The zero-order chi connectivity index (χ0) is 13.8. The number of likely N-dealkylation sites (tertiary alicyclic amines) is 1. The standard InChI is InChI=1S/C13H17N3O3/c1-15-8-10(7-14-15)4-5-12(17)16-6-2-3-11(9-16)13(18)19/h4-5,7-8,11H,2-3,6,9H2,1H3,(H,18,19)/b5-4+/t11-/m0/s1. The number of rotatable bonds is 3. The largest absolute Gasteiger partial charge is 0.481 e. The lowest BCUT2D eigenvalue weighted by atomic mass is 9.98. The van der Waals surface area contributed by atoms with Crippen LogP contribution in [0.15, 0.2) is 18.5 Å². The zero-order valence-electron chi connectivity index (χ0n) is 10.8. The molecule has 0 bridgehead atoms. The third-order valence-electron chi connectivity index (χ3n) is 3.23. The van der Waals surface area contributed by atoms with Crippen LogP contribution in [-0.2, 0) is 16.6 Å². The van der Waals surface area contributed by atoms with Crippen LogP contribution in [-0.4, -0.2) is 44.8 Å². The van der Waals surface area contributed by atoms with Crippen molar-refractivity contribution in [1.82, 2.24) is 14.7 Å². The first-order valence-electron chi connectivity index (χ1n) is 6.24. The van der Waals surface area contributed by atoms with Crippen molar-refractivity contribution in [2.24, 2.45) is 13.0 Å². The van der Waals surface area contributed by atoms with Gasteiger partial charge in [-0.15, -0.1) is 0 Å². The van der Waals surface area contributed by atoms with Crippen LogP contribution in [0.3, 0.4) is 0 Å². The van der Waals surface area contributed by atoms with E-state index in [1.807, 2.05) is 0 Å². The van der Waals surface area contributed by atoms with E-state index in [1.165, 1.54) is 6.08 Å². The van der Waals surface area contributed by atoms with E-state index in [4.69, 9.17) is 5.11 Å². The van der Waals surface area contributed by atoms with E-state index in [-0.39, 0.29) is 5.91 Å². The molecule has 102 valence electrons. The van der Waals surface area contributed by atoms with Crippen LogP contribution in [0.2, 0.25) is 0 Å². The molecular formula is C13H17N3O3. The number of carbonyl (C=O) groups is 2. The van der Waals surface area contributed by atoms with Crippen LogP contribution in [0.4, 0.5) is 0 Å². The molecule has 0 aliphatic carbocycles. The van der Waals surface area contributed by atoms with Crippen molar-refractivity contribution in [3.8, 4) is 0 Å². The molecule has 0 unspecified atom stereocenters. The number of hydrogen-bond acceptors (Lipinski definition) is 3. The van der Waals surface area contributed by atoms with Gasteiger partial charge < -0.3 is 10.0 Å². The average Bonchev–Trinajstić information content (AvgIpc) is 2.82. The van der Waals surface area contributed by atoms with Gasteiger partial charge in [0.1, 0.15) is 0 Å². The van der Waals surface area contributed by atoms with Crippen molar-refractivity contribution in [1.29, 1.82) is 0 Å². The van der Waals surface area contributed by atoms with Crippen molar-refractivity contribution in [3.05, 3.63) is 24.0 Å². The number of carboxylic acid groups (broad SMARTS) is 1. The van der Waals surface area contributed by atoms with Crippen LogP contribution in [0.25, 0.3) is 6.08 Å². The minimum absolute atomic E-state index is 0.144. The Kier molecular flexibility index (Phi) is 3.99. The number of aliphatic carboxylic acids is 1. The molecule has 1 atom stereocenters. The molecule has 1 saturated heterocycles. The Bertz CT molecular complexity index is 507. The molecule has 1 N–H and O–H groups in total. The van der Waals surface area contributed by atoms with Gasteiger partial charge in [-0.2, -0.15) is 5.10 Å². The van der Waals surface area contributed by atoms with Crippen molar-refractivity contribution in [2.45, 2.75) is 12.8 Å². The summed E-state index contributed by atoms with van der Waals surface area (Å²) in [5.41, 5.74) is 0.850. The smallest absolute Gasteiger partial charge is 0.308 e. The predicted octanol–water partition coefficient (Wildman–Crippen LogP) is 0.756. The maximum atomic E-state index is 12.0. The first kappa shape index (κ1) is 13.3. The topological polar surface area (TPSA) is 75.4 Å². The molecule has 1 aromatic heterocycles. The summed E-state index contributed by atoms with van der Waals surface area (Å²) in [6.45, 7) is 0.922. The molecule has 2 rings (SSSR count). The monoisotopic (exact) mass is 263 g/mol. The summed E-state index contributed by atoms with van der Waals surface area (Å²) in [4.78, 5) is 24.5. The lowest BCUT2D eigenvalue weighted by Crippen LogP contribution is -2.41. The number of piperidine rings is 1. The summed E-state index contributed by atoms with van der Waals surface area (Å²) in [7, 11) is 1.81. The molecule has 1 aliphatic rings. The summed E-state index contributed by atoms with van der Waals surface area (Å²) >= 11 is 0. The molecule has 19 heavy (non-hydrogen) atoms. The highest BCUT2D eigenvalue weighted by Crippen LogP contribution is 2.17. The van der Waals surface area contributed by atoms with Gasteiger partial charge in [-0.3, -0.25) is 14.3 Å². The molecule has 1 amide bonds. The number of nitrogens with zero attached hydrogens (tertiary/aromatic N) is 3. The highest BCUT2D eigenvalue weighted by molar-refractivity contribution is 5.92. The fourth-order valence-corrected chi connectivity index (χ4v) is 2.18. The highest BCUT2D eigenvalue weighted by Gasteiger charge is 2.26. The summed E-state index contributed by atoms with van der Waals surface area (Å²) in [6, 6.07) is 0. The number of carbonyl (C=O) groups excluding carboxylic acids is 1. The Morgan fingerprint density at radius 2 is 2.32 bits per heavy atom. The van der Waals surface area contributed by atoms with E-state index < -0.39 is 11.9 Å². The molecule has 2 heterocycles. The Labute approximate surface area is 111 Å². The van der Waals surface area contributed by atoms with Gasteiger partial charge in [-0.1, -0.05) is 0 Å². The molecule has 6 heteroatoms. The van der Waals surface area contributed by atoms with Crippen molar-refractivity contribution in [2.75, 3.05) is 13.1 Å². The van der Waals surface area contributed by atoms with E-state index in [9.17, 15) is 9.59 Å².